The Bertz CT molecular complexity index is 2170. The second kappa shape index (κ2) is 25.1. The Balaban J connectivity index is 1.10. The van der Waals surface area contributed by atoms with Gasteiger partial charge in [-0.15, -0.1) is 0 Å². The molecule has 3 unspecified atom stereocenters. The van der Waals surface area contributed by atoms with Crippen LogP contribution in [-0.4, -0.2) is 85.5 Å². The topological polar surface area (TPSA) is 192 Å². The van der Waals surface area contributed by atoms with E-state index in [-0.39, 0.29) is 47.9 Å². The van der Waals surface area contributed by atoms with E-state index >= 15 is 0 Å². The molecule has 6 rings (SSSR count). The van der Waals surface area contributed by atoms with Crippen LogP contribution in [0.1, 0.15) is 129 Å². The van der Waals surface area contributed by atoms with Crippen LogP contribution in [0.4, 0.5) is 4.39 Å². The van der Waals surface area contributed by atoms with Gasteiger partial charge >= 0.3 is 7.82 Å². The number of aliphatic imine (C=N–C) groups is 1. The van der Waals surface area contributed by atoms with E-state index in [1.165, 1.54) is 95.2 Å². The van der Waals surface area contributed by atoms with Crippen molar-refractivity contribution in [3.8, 4) is 17.9 Å². The molecule has 0 aliphatic carbocycles. The summed E-state index contributed by atoms with van der Waals surface area (Å²) < 4.78 is 78.9. The Labute approximate surface area is 400 Å². The number of fused-ring (bicyclic) bond motifs is 2. The fourth-order valence-electron chi connectivity index (χ4n) is 9.05. The number of hydrogen-bond donors (Lipinski definition) is 1. The first-order valence-corrected chi connectivity index (χ1v) is 25.7. The van der Waals surface area contributed by atoms with Crippen molar-refractivity contribution in [1.29, 1.82) is 10.5 Å². The molecule has 0 spiro atoms. The van der Waals surface area contributed by atoms with Gasteiger partial charge in [0.05, 0.1) is 48.8 Å². The van der Waals surface area contributed by atoms with Gasteiger partial charge in [0.1, 0.15) is 54.4 Å². The first-order chi connectivity index (χ1) is 32.3. The van der Waals surface area contributed by atoms with Crippen molar-refractivity contribution in [1.82, 2.24) is 5.01 Å². The standard InChI is InChI=1S/C49H67ClFN6O9P/c1-5-6-7-8-9-10-11-12-13-14-15-16-17-20-23-59-30-39(60-29-37-25-36(28-52)26-38(51)27-37)31-61-67(58,66-42-22-19-18-21-40(42)50)62-32-43-44-46(65-48(3,4)64-44)49(33-53,63-43)45-35(2)24-41-47(54)55-34-56-57(41)45/h18-19,21-22,24-27,34-35,39,43-46H,5-17,20,23,29-32H2,1-4H3,(H2,54,55,56)/t35?,39-,43-,44-,45?,46-,49+,67?/m1/s1. The van der Waals surface area contributed by atoms with Crippen LogP contribution in [0.5, 0.6) is 5.75 Å². The predicted molar refractivity (Wildman–Crippen MR) is 252 cm³/mol. The van der Waals surface area contributed by atoms with Gasteiger partial charge in [-0.25, -0.2) is 13.9 Å². The van der Waals surface area contributed by atoms with Crippen molar-refractivity contribution in [2.24, 2.45) is 21.7 Å². The lowest BCUT2D eigenvalue weighted by molar-refractivity contribution is -0.211. The van der Waals surface area contributed by atoms with Crippen LogP contribution in [0.3, 0.4) is 0 Å². The van der Waals surface area contributed by atoms with Crippen LogP contribution < -0.4 is 10.3 Å². The second-order valence-corrected chi connectivity index (χ2v) is 20.2. The highest BCUT2D eigenvalue weighted by molar-refractivity contribution is 7.49. The van der Waals surface area contributed by atoms with Gasteiger partial charge in [-0.3, -0.25) is 14.1 Å². The number of nitrogens with zero attached hydrogens (tertiary/aromatic N) is 5. The van der Waals surface area contributed by atoms with Gasteiger partial charge in [-0.05, 0) is 56.2 Å². The molecule has 4 heterocycles. The maximum atomic E-state index is 14.8. The molecule has 18 heteroatoms. The number of rotatable bonds is 29. The smallest absolute Gasteiger partial charge is 0.402 e. The maximum Gasteiger partial charge on any atom is 0.530 e. The zero-order valence-electron chi connectivity index (χ0n) is 39.3. The highest BCUT2D eigenvalue weighted by atomic mass is 35.5. The number of phosphoric ester groups is 1. The Morgan fingerprint density at radius 1 is 0.940 bits per heavy atom. The number of hydrazone groups is 1. The molecule has 2 aromatic carbocycles. The summed E-state index contributed by atoms with van der Waals surface area (Å²) in [5, 5.41) is 26.6. The van der Waals surface area contributed by atoms with Crippen molar-refractivity contribution in [3.05, 3.63) is 76.2 Å². The first kappa shape index (κ1) is 52.4. The predicted octanol–water partition coefficient (Wildman–Crippen LogP) is 10.7. The number of unbranched alkanes of at least 4 members (excludes halogenated alkanes) is 13. The molecule has 0 amide bonds. The summed E-state index contributed by atoms with van der Waals surface area (Å²) in [6, 6.07) is 14.0. The Hall–Kier alpha value is -3.93. The third-order valence-corrected chi connectivity index (χ3v) is 14.0. The van der Waals surface area contributed by atoms with Gasteiger partial charge in [-0.2, -0.15) is 15.6 Å². The summed E-state index contributed by atoms with van der Waals surface area (Å²) in [5.74, 6) is -1.72. The second-order valence-electron chi connectivity index (χ2n) is 18.2. The number of halogens is 2. The van der Waals surface area contributed by atoms with Crippen LogP contribution in [0.2, 0.25) is 5.02 Å². The average Bonchev–Trinajstić information content (AvgIpc) is 3.93. The zero-order valence-corrected chi connectivity index (χ0v) is 40.9. The molecule has 2 fully saturated rings. The highest BCUT2D eigenvalue weighted by Gasteiger charge is 2.69. The number of nitrogens with two attached hydrogens (primary N) is 1. The molecule has 2 aromatic rings. The van der Waals surface area contributed by atoms with Gasteiger partial charge in [0, 0.05) is 12.5 Å². The van der Waals surface area contributed by atoms with Crippen LogP contribution in [0.25, 0.3) is 0 Å². The summed E-state index contributed by atoms with van der Waals surface area (Å²) in [4.78, 5) is 4.12. The van der Waals surface area contributed by atoms with E-state index < -0.39 is 62.1 Å². The van der Waals surface area contributed by atoms with Crippen LogP contribution in [0, 0.1) is 34.4 Å². The Morgan fingerprint density at radius 3 is 2.30 bits per heavy atom. The lowest BCUT2D eigenvalue weighted by atomic mass is 9.82. The molecule has 15 nitrogen and oxygen atoms in total. The van der Waals surface area contributed by atoms with Gasteiger partial charge in [-0.1, -0.05) is 127 Å². The van der Waals surface area contributed by atoms with E-state index in [2.05, 4.69) is 23.1 Å². The summed E-state index contributed by atoms with van der Waals surface area (Å²) in [6.07, 6.45) is 16.9. The van der Waals surface area contributed by atoms with Gasteiger partial charge in [0.25, 0.3) is 0 Å². The van der Waals surface area contributed by atoms with Crippen molar-refractivity contribution in [3.63, 3.8) is 0 Å². The zero-order chi connectivity index (χ0) is 47.9. The first-order valence-electron chi connectivity index (χ1n) is 23.8. The van der Waals surface area contributed by atoms with Crippen molar-refractivity contribution < 1.29 is 46.2 Å². The number of hydrogen-bond acceptors (Lipinski definition) is 15. The Morgan fingerprint density at radius 2 is 1.63 bits per heavy atom. The van der Waals surface area contributed by atoms with Gasteiger partial charge < -0.3 is 33.9 Å². The lowest BCUT2D eigenvalue weighted by Gasteiger charge is -2.40. The van der Waals surface area contributed by atoms with E-state index in [0.717, 1.165) is 25.3 Å². The molecule has 8 atom stereocenters. The minimum Gasteiger partial charge on any atom is -0.402 e. The van der Waals surface area contributed by atoms with Crippen molar-refractivity contribution in [2.45, 2.75) is 166 Å². The fourth-order valence-corrected chi connectivity index (χ4v) is 10.5. The fraction of sp³-hybridized carbons (Fsp3) is 0.633. The minimum atomic E-state index is -4.61. The minimum absolute atomic E-state index is 0.0292. The summed E-state index contributed by atoms with van der Waals surface area (Å²) in [6.45, 7) is 7.25. The van der Waals surface area contributed by atoms with Crippen LogP contribution in [0.15, 0.2) is 64.3 Å². The molecule has 0 saturated carbocycles. The molecule has 4 aliphatic heterocycles. The van der Waals surface area contributed by atoms with E-state index in [9.17, 15) is 19.5 Å². The Kier molecular flexibility index (Phi) is 19.6. The number of ether oxygens (including phenoxy) is 5. The number of amidine groups is 1. The molecule has 0 radical (unpaired) electrons. The molecule has 0 bridgehead atoms. The summed E-state index contributed by atoms with van der Waals surface area (Å²) in [7, 11) is -4.61. The molecule has 4 aliphatic rings. The third kappa shape index (κ3) is 14.3. The molecule has 0 aromatic heterocycles. The van der Waals surface area contributed by atoms with Crippen molar-refractivity contribution in [2.75, 3.05) is 26.4 Å². The van der Waals surface area contributed by atoms with Gasteiger partial charge in [0.2, 0.25) is 5.60 Å². The highest BCUT2D eigenvalue weighted by Crippen LogP contribution is 2.54. The molecule has 366 valence electrons. The van der Waals surface area contributed by atoms with Crippen LogP contribution >= 0.6 is 19.4 Å². The quantitative estimate of drug-likeness (QED) is 0.0599. The number of nitriles is 2. The normalized spacial score (nSPS) is 25.1. The molecular weight excluding hydrogens is 902 g/mol. The van der Waals surface area contributed by atoms with Crippen LogP contribution in [-0.2, 0) is 43.9 Å². The SMILES string of the molecule is CCCCCCCCCCCCCCCCOC[C@H](COP(=O)(OC[C@H]1O[C@@](C#N)(C2C(C)C=C3C(N)=NC=NN32)[C@@H]2OC(C)(C)O[C@@H]21)Oc1ccccc1Cl)OCc1cc(F)cc(C#N)c1. The van der Waals surface area contributed by atoms with Crippen molar-refractivity contribution >= 4 is 31.6 Å². The largest absolute Gasteiger partial charge is 0.530 e. The van der Waals surface area contributed by atoms with Gasteiger partial charge in [0.15, 0.2) is 11.6 Å². The molecule has 2 N–H and O–H groups in total. The third-order valence-electron chi connectivity index (χ3n) is 12.3. The summed E-state index contributed by atoms with van der Waals surface area (Å²) in [5.41, 5.74) is 5.65. The molecule has 2 saturated heterocycles. The van der Waals surface area contributed by atoms with E-state index in [1.807, 2.05) is 19.1 Å². The number of para-hydroxylation sites is 1. The lowest BCUT2D eigenvalue weighted by Crippen LogP contribution is -2.58. The van der Waals surface area contributed by atoms with E-state index in [0.29, 0.717) is 17.9 Å². The van der Waals surface area contributed by atoms with E-state index in [1.54, 1.807) is 37.1 Å². The molecule has 67 heavy (non-hydrogen) atoms. The summed E-state index contributed by atoms with van der Waals surface area (Å²) >= 11 is 6.48. The number of benzene rings is 2. The monoisotopic (exact) mass is 968 g/mol. The average molecular weight is 970 g/mol. The maximum absolute atomic E-state index is 14.8. The van der Waals surface area contributed by atoms with E-state index in [4.69, 9.17) is 54.6 Å². The number of phosphoric acid groups is 1. The molecular formula is C49H67ClFN6O9P.